The first-order valence-electron chi connectivity index (χ1n) is 3.03. The Bertz CT molecular complexity index is 91.0. The summed E-state index contributed by atoms with van der Waals surface area (Å²) in [5.41, 5.74) is 0. The number of rotatable bonds is 1. The summed E-state index contributed by atoms with van der Waals surface area (Å²) in [4.78, 5) is 16.6. The van der Waals surface area contributed by atoms with Gasteiger partial charge in [-0.3, -0.25) is 0 Å². The van der Waals surface area contributed by atoms with E-state index in [9.17, 15) is 9.90 Å². The molecule has 0 saturated carbocycles. The second-order valence-corrected chi connectivity index (χ2v) is 11.8. The van der Waals surface area contributed by atoms with Crippen LogP contribution in [0.4, 0.5) is 0 Å². The standard InChI is InChI=1S/C3H6O2S.3CH3.Sn/c1-2(6)3(4)5;;;;/h2,6H,1H3,(H,4,5);3*1H3;/q;;;;+1/p-1. The Labute approximate surface area is 75.2 Å². The summed E-state index contributed by atoms with van der Waals surface area (Å²) in [6.07, 6.45) is 0. The van der Waals surface area contributed by atoms with E-state index in [-0.39, 0.29) is 0 Å². The molecule has 1 atom stereocenters. The van der Waals surface area contributed by atoms with Gasteiger partial charge in [0.05, 0.1) is 5.97 Å². The Morgan fingerprint density at radius 3 is 1.60 bits per heavy atom. The van der Waals surface area contributed by atoms with Crippen LogP contribution in [0.5, 0.6) is 0 Å². The minimum atomic E-state index is -1.13. The van der Waals surface area contributed by atoms with Crippen molar-refractivity contribution in [1.29, 1.82) is 0 Å². The predicted octanol–water partition coefficient (Wildman–Crippen LogP) is 0.425. The Balaban J connectivity index is 0. The van der Waals surface area contributed by atoms with Crippen LogP contribution in [0.3, 0.4) is 0 Å². The van der Waals surface area contributed by atoms with Gasteiger partial charge in [-0.1, -0.05) is 0 Å². The first-order chi connectivity index (χ1) is 4.37. The van der Waals surface area contributed by atoms with Crippen LogP contribution in [0.1, 0.15) is 6.92 Å². The molecule has 0 aromatic heterocycles. The van der Waals surface area contributed by atoms with Crippen LogP contribution in [0.25, 0.3) is 0 Å². The van der Waals surface area contributed by atoms with Gasteiger partial charge in [0.25, 0.3) is 0 Å². The average molecular weight is 269 g/mol. The van der Waals surface area contributed by atoms with Gasteiger partial charge >= 0.3 is 34.6 Å². The Hall–Kier alpha value is 0.619. The fourth-order valence-corrected chi connectivity index (χ4v) is 0. The maximum atomic E-state index is 9.51. The van der Waals surface area contributed by atoms with Crippen molar-refractivity contribution in [3.8, 4) is 0 Å². The van der Waals surface area contributed by atoms with Crippen molar-refractivity contribution in [3.63, 3.8) is 0 Å². The van der Waals surface area contributed by atoms with E-state index < -0.39 is 31.0 Å². The molecule has 0 spiro atoms. The van der Waals surface area contributed by atoms with Crippen molar-refractivity contribution in [3.05, 3.63) is 0 Å². The topological polar surface area (TPSA) is 40.1 Å². The number of hydrogen-bond acceptors (Lipinski definition) is 3. The summed E-state index contributed by atoms with van der Waals surface area (Å²) < 4.78 is 0. The Morgan fingerprint density at radius 2 is 1.60 bits per heavy atom. The van der Waals surface area contributed by atoms with Gasteiger partial charge in [0.15, 0.2) is 0 Å². The molecule has 0 aliphatic rings. The predicted molar refractivity (Wildman–Crippen MR) is 46.8 cm³/mol. The van der Waals surface area contributed by atoms with Crippen molar-refractivity contribution < 1.29 is 9.90 Å². The number of carboxylic acid groups (broad SMARTS) is 1. The molecule has 0 aromatic rings. The third-order valence-corrected chi connectivity index (χ3v) is 0.552. The second-order valence-electron chi connectivity index (χ2n) is 2.50. The van der Waals surface area contributed by atoms with Crippen molar-refractivity contribution in [1.82, 2.24) is 0 Å². The molecule has 1 unspecified atom stereocenters. The minimum absolute atomic E-state index is 0.543. The molecule has 4 heteroatoms. The average Bonchev–Trinajstić information content (AvgIpc) is 1.63. The number of carbonyl (C=O) groups is 1. The molecule has 0 heterocycles. The third-order valence-electron chi connectivity index (χ3n) is 0.341. The Kier molecular flexibility index (Phi) is 10.2. The van der Waals surface area contributed by atoms with E-state index in [0.717, 1.165) is 0 Å². The van der Waals surface area contributed by atoms with Crippen LogP contribution in [-0.4, -0.2) is 31.0 Å². The van der Waals surface area contributed by atoms with E-state index >= 15 is 0 Å². The molecule has 0 rings (SSSR count). The zero-order chi connectivity index (χ0) is 8.73. The summed E-state index contributed by atoms with van der Waals surface area (Å²) >= 11 is 2.99. The van der Waals surface area contributed by atoms with Gasteiger partial charge < -0.3 is 9.90 Å². The van der Waals surface area contributed by atoms with E-state index in [1.54, 1.807) is 0 Å². The van der Waals surface area contributed by atoms with Crippen molar-refractivity contribution in [2.24, 2.45) is 0 Å². The van der Waals surface area contributed by atoms with Gasteiger partial charge in [-0.15, -0.1) is 0 Å². The van der Waals surface area contributed by atoms with Crippen LogP contribution < -0.4 is 5.11 Å². The number of aliphatic carboxylic acids is 1. The van der Waals surface area contributed by atoms with E-state index in [0.29, 0.717) is 0 Å². The van der Waals surface area contributed by atoms with Crippen LogP contribution >= 0.6 is 12.6 Å². The van der Waals surface area contributed by atoms with Gasteiger partial charge in [0.2, 0.25) is 0 Å². The molecule has 0 aliphatic heterocycles. The molecule has 0 saturated heterocycles. The van der Waals surface area contributed by atoms with Crippen molar-refractivity contribution in [2.45, 2.75) is 27.0 Å². The quantitative estimate of drug-likeness (QED) is 0.553. The number of thiol groups is 1. The molecular weight excluding hydrogens is 255 g/mol. The summed E-state index contributed by atoms with van der Waals surface area (Å²) in [6, 6.07) is 0. The molecule has 0 fully saturated rings. The SMILES string of the molecule is CC(S)C(=O)[O-].[CH3][Sn+]([CH3])[CH3]. The zero-order valence-corrected chi connectivity index (χ0v) is 10.6. The van der Waals surface area contributed by atoms with Gasteiger partial charge in [-0.2, -0.15) is 12.6 Å². The second kappa shape index (κ2) is 7.72. The van der Waals surface area contributed by atoms with Crippen LogP contribution in [0.2, 0.25) is 14.8 Å². The summed E-state index contributed by atoms with van der Waals surface area (Å²) in [5, 5.41) is 8.86. The van der Waals surface area contributed by atoms with Gasteiger partial charge in [-0.05, 0) is 6.92 Å². The van der Waals surface area contributed by atoms with Gasteiger partial charge in [0.1, 0.15) is 0 Å². The number of carboxylic acids is 1. The van der Waals surface area contributed by atoms with E-state index in [1.807, 2.05) is 0 Å². The number of hydrogen-bond donors (Lipinski definition) is 1. The van der Waals surface area contributed by atoms with E-state index in [2.05, 4.69) is 27.4 Å². The fourth-order valence-electron chi connectivity index (χ4n) is 0. The van der Waals surface area contributed by atoms with E-state index in [4.69, 9.17) is 0 Å². The zero-order valence-electron chi connectivity index (χ0n) is 6.84. The summed E-state index contributed by atoms with van der Waals surface area (Å²) in [6.45, 7) is 1.44. The molecule has 0 radical (unpaired) electrons. The van der Waals surface area contributed by atoms with Gasteiger partial charge in [-0.25, -0.2) is 0 Å². The van der Waals surface area contributed by atoms with Crippen LogP contribution in [0.15, 0.2) is 0 Å². The summed E-state index contributed by atoms with van der Waals surface area (Å²) in [7, 11) is 0. The molecule has 10 heavy (non-hydrogen) atoms. The fraction of sp³-hybridized carbons (Fsp3) is 0.833. The molecule has 0 bridgehead atoms. The number of carbonyl (C=O) groups excluding carboxylic acids is 1. The maximum absolute atomic E-state index is 9.51. The molecule has 0 N–H and O–H groups in total. The molecule has 0 amide bonds. The molecule has 60 valence electrons. The normalized spacial score (nSPS) is 10.9. The van der Waals surface area contributed by atoms with Crippen LogP contribution in [0, 0.1) is 0 Å². The monoisotopic (exact) mass is 270 g/mol. The summed E-state index contributed by atoms with van der Waals surface area (Å²) in [5.74, 6) is -1.13. The molecule has 0 aromatic carbocycles. The molecule has 2 nitrogen and oxygen atoms in total. The van der Waals surface area contributed by atoms with E-state index in [1.165, 1.54) is 6.92 Å². The first-order valence-corrected chi connectivity index (χ1v) is 12.1. The van der Waals surface area contributed by atoms with Crippen molar-refractivity contribution in [2.75, 3.05) is 0 Å². The third kappa shape index (κ3) is 23.5. The van der Waals surface area contributed by atoms with Crippen LogP contribution in [-0.2, 0) is 4.79 Å². The molecule has 0 aliphatic carbocycles. The first kappa shape index (κ1) is 13.2. The van der Waals surface area contributed by atoms with Gasteiger partial charge in [0, 0.05) is 5.25 Å². The molecular formula is C6H14O2SSn. The Morgan fingerprint density at radius 1 is 1.50 bits per heavy atom. The van der Waals surface area contributed by atoms with Crippen molar-refractivity contribution >= 4 is 38.4 Å².